The second-order valence-electron chi connectivity index (χ2n) is 4.95. The molecule has 0 radical (unpaired) electrons. The molecule has 0 saturated heterocycles. The summed E-state index contributed by atoms with van der Waals surface area (Å²) in [5.74, 6) is -1.40. The van der Waals surface area contributed by atoms with Crippen LogP contribution in [0.15, 0.2) is 35.1 Å². The number of anilines is 2. The highest BCUT2D eigenvalue weighted by molar-refractivity contribution is 9.10. The summed E-state index contributed by atoms with van der Waals surface area (Å²) >= 11 is 9.43. The van der Waals surface area contributed by atoms with Crippen LogP contribution < -0.4 is 11.1 Å². The molecule has 8 heteroatoms. The number of rotatable bonds is 3. The van der Waals surface area contributed by atoms with E-state index in [-0.39, 0.29) is 16.8 Å². The number of nitrogens with zero attached hydrogens (tertiary/aromatic N) is 2. The molecule has 3 aromatic rings. The topological polar surface area (TPSA) is 72.9 Å². The van der Waals surface area contributed by atoms with Crippen molar-refractivity contribution in [1.82, 2.24) is 9.55 Å². The summed E-state index contributed by atoms with van der Waals surface area (Å²) in [5, 5.41) is 3.21. The molecule has 1 amide bonds. The van der Waals surface area contributed by atoms with Crippen LogP contribution in [0, 0.1) is 5.82 Å². The molecule has 0 aliphatic carbocycles. The molecule has 1 aromatic heterocycles. The molecule has 2 aromatic carbocycles. The lowest BCUT2D eigenvalue weighted by atomic mass is 10.1. The summed E-state index contributed by atoms with van der Waals surface area (Å²) in [7, 11) is 1.71. The first-order valence-corrected chi connectivity index (χ1v) is 7.71. The first kappa shape index (κ1) is 15.8. The number of carbonyl (C=O) groups excluding carboxylic acids is 1. The zero-order valence-electron chi connectivity index (χ0n) is 11.9. The lowest BCUT2D eigenvalue weighted by Gasteiger charge is -2.13. The number of hydrogen-bond donors (Lipinski definition) is 2. The zero-order valence-corrected chi connectivity index (χ0v) is 14.2. The normalized spacial score (nSPS) is 11.0. The molecule has 3 N–H and O–H groups in total. The van der Waals surface area contributed by atoms with Gasteiger partial charge in [-0.1, -0.05) is 27.5 Å². The predicted molar refractivity (Wildman–Crippen MR) is 91.6 cm³/mol. The van der Waals surface area contributed by atoms with Crippen LogP contribution in [0.2, 0.25) is 5.02 Å². The Hall–Kier alpha value is -2.12. The summed E-state index contributed by atoms with van der Waals surface area (Å²) in [6.45, 7) is 0. The van der Waals surface area contributed by atoms with Gasteiger partial charge in [-0.3, -0.25) is 4.79 Å². The largest absolute Gasteiger partial charge is 0.366 e. The smallest absolute Gasteiger partial charge is 0.251 e. The molecule has 23 heavy (non-hydrogen) atoms. The number of halogens is 3. The monoisotopic (exact) mass is 396 g/mol. The van der Waals surface area contributed by atoms with E-state index in [0.717, 1.165) is 4.47 Å². The van der Waals surface area contributed by atoms with E-state index in [0.29, 0.717) is 16.2 Å². The van der Waals surface area contributed by atoms with Crippen LogP contribution in [0.3, 0.4) is 0 Å². The molecule has 0 spiro atoms. The highest BCUT2D eigenvalue weighted by atomic mass is 79.9. The van der Waals surface area contributed by atoms with Crippen LogP contribution in [0.4, 0.5) is 15.8 Å². The highest BCUT2D eigenvalue weighted by Crippen LogP contribution is 2.33. The van der Waals surface area contributed by atoms with Gasteiger partial charge in [0.05, 0.1) is 33.8 Å². The van der Waals surface area contributed by atoms with Gasteiger partial charge in [0.2, 0.25) is 0 Å². The Kier molecular flexibility index (Phi) is 3.99. The maximum Gasteiger partial charge on any atom is 0.251 e. The molecule has 0 bridgehead atoms. The minimum atomic E-state index is -0.747. The number of fused-ring (bicyclic) bond motifs is 1. The lowest BCUT2D eigenvalue weighted by molar-refractivity contribution is 0.100. The van der Waals surface area contributed by atoms with Gasteiger partial charge in [-0.25, -0.2) is 9.37 Å². The molecule has 0 atom stereocenters. The van der Waals surface area contributed by atoms with E-state index in [2.05, 4.69) is 26.2 Å². The number of aromatic nitrogens is 2. The van der Waals surface area contributed by atoms with E-state index in [1.807, 2.05) is 0 Å². The van der Waals surface area contributed by atoms with Gasteiger partial charge in [-0.05, 0) is 24.3 Å². The number of carbonyl (C=O) groups is 1. The van der Waals surface area contributed by atoms with Gasteiger partial charge in [0.1, 0.15) is 5.52 Å². The Labute approximate surface area is 144 Å². The van der Waals surface area contributed by atoms with Crippen molar-refractivity contribution in [3.05, 3.63) is 51.5 Å². The van der Waals surface area contributed by atoms with Crippen LogP contribution in [0.25, 0.3) is 11.0 Å². The van der Waals surface area contributed by atoms with E-state index in [4.69, 9.17) is 17.3 Å². The standard InChI is InChI=1S/C15H11BrClFN4O/c1-22-6-20-14-11(22)5-8(15(19)23)13(12(14)18)21-10-3-2-7(16)4-9(10)17/h2-6,21H,1H3,(H2,19,23). The van der Waals surface area contributed by atoms with Crippen LogP contribution in [0.5, 0.6) is 0 Å². The van der Waals surface area contributed by atoms with Crippen molar-refractivity contribution in [2.45, 2.75) is 0 Å². The summed E-state index contributed by atoms with van der Waals surface area (Å²) < 4.78 is 17.2. The molecule has 0 aliphatic rings. The van der Waals surface area contributed by atoms with Gasteiger partial charge in [0.25, 0.3) is 5.91 Å². The van der Waals surface area contributed by atoms with Gasteiger partial charge >= 0.3 is 0 Å². The Morgan fingerprint density at radius 1 is 1.43 bits per heavy atom. The summed E-state index contributed by atoms with van der Waals surface area (Å²) in [6, 6.07) is 6.57. The Balaban J connectivity index is 2.21. The number of aryl methyl sites for hydroxylation is 1. The van der Waals surface area contributed by atoms with E-state index in [1.165, 1.54) is 12.4 Å². The molecular formula is C15H11BrClFN4O. The highest BCUT2D eigenvalue weighted by Gasteiger charge is 2.20. The maximum absolute atomic E-state index is 14.8. The minimum Gasteiger partial charge on any atom is -0.366 e. The molecule has 118 valence electrons. The van der Waals surface area contributed by atoms with Gasteiger partial charge in [0, 0.05) is 11.5 Å². The van der Waals surface area contributed by atoms with Crippen molar-refractivity contribution >= 4 is 55.8 Å². The first-order valence-electron chi connectivity index (χ1n) is 6.54. The van der Waals surface area contributed by atoms with Crippen LogP contribution >= 0.6 is 27.5 Å². The van der Waals surface area contributed by atoms with Crippen molar-refractivity contribution in [3.63, 3.8) is 0 Å². The molecule has 0 aliphatic heterocycles. The Morgan fingerprint density at radius 3 is 2.83 bits per heavy atom. The molecule has 0 fully saturated rings. The number of hydrogen-bond acceptors (Lipinski definition) is 3. The number of primary amides is 1. The lowest BCUT2D eigenvalue weighted by Crippen LogP contribution is -2.15. The summed E-state index contributed by atoms with van der Waals surface area (Å²) in [5.41, 5.74) is 6.44. The summed E-state index contributed by atoms with van der Waals surface area (Å²) in [4.78, 5) is 15.7. The Morgan fingerprint density at radius 2 is 2.17 bits per heavy atom. The minimum absolute atomic E-state index is 0.0255. The third-order valence-electron chi connectivity index (χ3n) is 3.42. The van der Waals surface area contributed by atoms with Crippen molar-refractivity contribution in [2.75, 3.05) is 5.32 Å². The number of imidazole rings is 1. The van der Waals surface area contributed by atoms with Crippen molar-refractivity contribution in [3.8, 4) is 0 Å². The molecule has 1 heterocycles. The third-order valence-corrected chi connectivity index (χ3v) is 4.22. The first-order chi connectivity index (χ1) is 10.9. The number of nitrogens with two attached hydrogens (primary N) is 1. The van der Waals surface area contributed by atoms with Crippen LogP contribution in [-0.4, -0.2) is 15.5 Å². The second-order valence-corrected chi connectivity index (χ2v) is 6.27. The summed E-state index contributed by atoms with van der Waals surface area (Å²) in [6.07, 6.45) is 1.47. The quantitative estimate of drug-likeness (QED) is 0.702. The molecule has 3 rings (SSSR count). The van der Waals surface area contributed by atoms with Crippen molar-refractivity contribution < 1.29 is 9.18 Å². The van der Waals surface area contributed by atoms with Gasteiger partial charge in [0.15, 0.2) is 5.82 Å². The zero-order chi connectivity index (χ0) is 16.7. The molecule has 0 saturated carbocycles. The number of benzene rings is 2. The SMILES string of the molecule is Cn1cnc2c(F)c(Nc3ccc(Br)cc3Cl)c(C(N)=O)cc21. The number of nitrogens with one attached hydrogen (secondary N) is 1. The van der Waals surface area contributed by atoms with Gasteiger partial charge in [-0.15, -0.1) is 0 Å². The average Bonchev–Trinajstić information content (AvgIpc) is 2.85. The van der Waals surface area contributed by atoms with Crippen LogP contribution in [0.1, 0.15) is 10.4 Å². The average molecular weight is 398 g/mol. The maximum atomic E-state index is 14.8. The fraction of sp³-hybridized carbons (Fsp3) is 0.0667. The fourth-order valence-electron chi connectivity index (χ4n) is 2.27. The van der Waals surface area contributed by atoms with Gasteiger partial charge < -0.3 is 15.6 Å². The third kappa shape index (κ3) is 2.77. The van der Waals surface area contributed by atoms with Crippen LogP contribution in [-0.2, 0) is 7.05 Å². The molecule has 0 unspecified atom stereocenters. The van der Waals surface area contributed by atoms with Crippen molar-refractivity contribution in [2.24, 2.45) is 12.8 Å². The molecular weight excluding hydrogens is 387 g/mol. The van der Waals surface area contributed by atoms with Crippen molar-refractivity contribution in [1.29, 1.82) is 0 Å². The number of amides is 1. The van der Waals surface area contributed by atoms with E-state index < -0.39 is 11.7 Å². The van der Waals surface area contributed by atoms with Gasteiger partial charge in [-0.2, -0.15) is 0 Å². The van der Waals surface area contributed by atoms with E-state index >= 15 is 0 Å². The predicted octanol–water partition coefficient (Wildman–Crippen LogP) is 3.97. The fourth-order valence-corrected chi connectivity index (χ4v) is 2.99. The Bertz CT molecular complexity index is 941. The second kappa shape index (κ2) is 5.82. The molecule has 5 nitrogen and oxygen atoms in total. The van der Waals surface area contributed by atoms with E-state index in [9.17, 15) is 9.18 Å². The van der Waals surface area contributed by atoms with E-state index in [1.54, 1.807) is 29.8 Å².